The van der Waals surface area contributed by atoms with Gasteiger partial charge in [-0.2, -0.15) is 0 Å². The Balaban J connectivity index is 1.23. The molecule has 1 aliphatic heterocycles. The van der Waals surface area contributed by atoms with Crippen LogP contribution in [0.1, 0.15) is 22.9 Å². The van der Waals surface area contributed by atoms with Crippen molar-refractivity contribution in [3.63, 3.8) is 0 Å². The predicted octanol–water partition coefficient (Wildman–Crippen LogP) is 10.6. The van der Waals surface area contributed by atoms with Gasteiger partial charge in [0.25, 0.3) is 0 Å². The highest BCUT2D eigenvalue weighted by Crippen LogP contribution is 2.36. The second kappa shape index (κ2) is 11.3. The van der Waals surface area contributed by atoms with Crippen LogP contribution in [-0.4, -0.2) is 11.7 Å². The number of amidine groups is 2. The van der Waals surface area contributed by atoms with E-state index >= 15 is 0 Å². The van der Waals surface area contributed by atoms with Gasteiger partial charge in [-0.25, -0.2) is 9.98 Å². The Kier molecular flexibility index (Phi) is 6.50. The molecule has 0 saturated heterocycles. The van der Waals surface area contributed by atoms with Gasteiger partial charge in [-0.3, -0.25) is 0 Å². The maximum absolute atomic E-state index is 6.23. The fraction of sp³-hybridized carbons (Fsp3) is 0.0233. The minimum atomic E-state index is -0.313. The van der Waals surface area contributed by atoms with Crippen LogP contribution in [0.3, 0.4) is 0 Å². The lowest BCUT2D eigenvalue weighted by Gasteiger charge is -2.24. The summed E-state index contributed by atoms with van der Waals surface area (Å²) in [6, 6.07) is 57.0. The summed E-state index contributed by atoms with van der Waals surface area (Å²) in [5.74, 6) is 1.44. The number of rotatable bonds is 5. The first-order chi connectivity index (χ1) is 23.3. The van der Waals surface area contributed by atoms with Gasteiger partial charge < -0.3 is 9.73 Å². The van der Waals surface area contributed by atoms with Gasteiger partial charge >= 0.3 is 0 Å². The largest absolute Gasteiger partial charge is 0.456 e. The smallest absolute Gasteiger partial charge is 0.160 e. The first-order valence-corrected chi connectivity index (χ1v) is 15.9. The van der Waals surface area contributed by atoms with Crippen molar-refractivity contribution in [3.05, 3.63) is 180 Å². The van der Waals surface area contributed by atoms with Crippen LogP contribution in [0.4, 0.5) is 0 Å². The number of furan rings is 1. The molecule has 0 amide bonds. The molecule has 9 rings (SSSR count). The van der Waals surface area contributed by atoms with E-state index in [4.69, 9.17) is 14.4 Å². The molecular formula is C43H29N3O. The van der Waals surface area contributed by atoms with E-state index in [-0.39, 0.29) is 6.17 Å². The summed E-state index contributed by atoms with van der Waals surface area (Å²) in [5.41, 5.74) is 9.32. The second-order valence-electron chi connectivity index (χ2n) is 11.8. The molecule has 1 aliphatic rings. The first-order valence-electron chi connectivity index (χ1n) is 15.9. The molecule has 4 heteroatoms. The third kappa shape index (κ3) is 4.88. The maximum atomic E-state index is 6.23. The molecule has 4 nitrogen and oxygen atoms in total. The summed E-state index contributed by atoms with van der Waals surface area (Å²) in [7, 11) is 0. The molecule has 1 aromatic heterocycles. The van der Waals surface area contributed by atoms with Gasteiger partial charge in [0, 0.05) is 21.9 Å². The van der Waals surface area contributed by atoms with E-state index in [1.807, 2.05) is 48.5 Å². The average Bonchev–Trinajstić information content (AvgIpc) is 3.54. The molecule has 0 bridgehead atoms. The molecule has 222 valence electrons. The van der Waals surface area contributed by atoms with Gasteiger partial charge in [0.15, 0.2) is 5.84 Å². The van der Waals surface area contributed by atoms with Crippen LogP contribution >= 0.6 is 0 Å². The van der Waals surface area contributed by atoms with E-state index in [9.17, 15) is 0 Å². The molecule has 0 fully saturated rings. The lowest BCUT2D eigenvalue weighted by Crippen LogP contribution is -2.33. The second-order valence-corrected chi connectivity index (χ2v) is 11.8. The summed E-state index contributed by atoms with van der Waals surface area (Å²) in [6.07, 6.45) is -0.313. The summed E-state index contributed by atoms with van der Waals surface area (Å²) < 4.78 is 6.23. The number of nitrogens with one attached hydrogen (secondary N) is 1. The molecule has 0 radical (unpaired) electrons. The highest BCUT2D eigenvalue weighted by atomic mass is 16.3. The highest BCUT2D eigenvalue weighted by molar-refractivity contribution is 6.22. The van der Waals surface area contributed by atoms with Gasteiger partial charge in [-0.15, -0.1) is 0 Å². The van der Waals surface area contributed by atoms with Crippen molar-refractivity contribution < 1.29 is 4.42 Å². The van der Waals surface area contributed by atoms with Crippen molar-refractivity contribution in [3.8, 4) is 22.3 Å². The van der Waals surface area contributed by atoms with E-state index < -0.39 is 0 Å². The Labute approximate surface area is 272 Å². The van der Waals surface area contributed by atoms with Gasteiger partial charge in [0.1, 0.15) is 23.2 Å². The van der Waals surface area contributed by atoms with Crippen molar-refractivity contribution in [1.29, 1.82) is 0 Å². The minimum Gasteiger partial charge on any atom is -0.456 e. The van der Waals surface area contributed by atoms with E-state index in [1.165, 1.54) is 21.9 Å². The van der Waals surface area contributed by atoms with Crippen molar-refractivity contribution >= 4 is 44.4 Å². The van der Waals surface area contributed by atoms with E-state index in [0.29, 0.717) is 5.84 Å². The third-order valence-corrected chi connectivity index (χ3v) is 8.94. The third-order valence-electron chi connectivity index (χ3n) is 8.94. The SMILES string of the molecule is c1ccc(-c2cc(C3=NC(c4cccc5oc6ccccc6c45)=NC(c4ccccc4)N3)ccc2-c2ccc3ccccc3c2)cc1. The lowest BCUT2D eigenvalue weighted by atomic mass is 9.91. The number of aliphatic imine (C=N–C) groups is 2. The van der Waals surface area contributed by atoms with Crippen LogP contribution in [0, 0.1) is 0 Å². The number of hydrogen-bond acceptors (Lipinski definition) is 4. The average molecular weight is 604 g/mol. The molecule has 1 unspecified atom stereocenters. The van der Waals surface area contributed by atoms with Crippen LogP contribution in [0.5, 0.6) is 0 Å². The fourth-order valence-electron chi connectivity index (χ4n) is 6.64. The van der Waals surface area contributed by atoms with Gasteiger partial charge in [-0.05, 0) is 62.9 Å². The fourth-order valence-corrected chi connectivity index (χ4v) is 6.64. The van der Waals surface area contributed by atoms with Crippen LogP contribution < -0.4 is 5.32 Å². The summed E-state index contributed by atoms with van der Waals surface area (Å²) in [6.45, 7) is 0. The van der Waals surface area contributed by atoms with Crippen molar-refractivity contribution in [2.75, 3.05) is 0 Å². The Morgan fingerprint density at radius 2 is 1.21 bits per heavy atom. The topological polar surface area (TPSA) is 49.9 Å². The van der Waals surface area contributed by atoms with E-state index in [0.717, 1.165) is 55.6 Å². The monoisotopic (exact) mass is 603 g/mol. The molecule has 8 aromatic rings. The zero-order chi connectivity index (χ0) is 31.2. The van der Waals surface area contributed by atoms with Crippen LogP contribution in [0.2, 0.25) is 0 Å². The number of hydrogen-bond donors (Lipinski definition) is 1. The van der Waals surface area contributed by atoms with E-state index in [2.05, 4.69) is 121 Å². The molecule has 0 saturated carbocycles. The number of fused-ring (bicyclic) bond motifs is 4. The van der Waals surface area contributed by atoms with Crippen molar-refractivity contribution in [2.24, 2.45) is 9.98 Å². The number of nitrogens with zero attached hydrogens (tertiary/aromatic N) is 2. The quantitative estimate of drug-likeness (QED) is 0.213. The molecule has 0 spiro atoms. The minimum absolute atomic E-state index is 0.313. The van der Waals surface area contributed by atoms with Gasteiger partial charge in [0.2, 0.25) is 0 Å². The Morgan fingerprint density at radius 3 is 2.09 bits per heavy atom. The number of benzene rings is 7. The standard InChI is InChI=1S/C43H29N3O/c1-3-13-29(14-4-1)37-27-33(24-25-34(37)32-23-22-28-12-7-8-17-31(28)26-32)42-44-41(30-15-5-2-6-16-30)45-43(46-42)36-19-11-21-39-40(36)35-18-9-10-20-38(35)47-39/h1-27,41H,(H,44,45,46). The summed E-state index contributed by atoms with van der Waals surface area (Å²) >= 11 is 0. The maximum Gasteiger partial charge on any atom is 0.160 e. The van der Waals surface area contributed by atoms with Crippen molar-refractivity contribution in [1.82, 2.24) is 5.32 Å². The molecule has 2 heterocycles. The lowest BCUT2D eigenvalue weighted by molar-refractivity contribution is 0.668. The highest BCUT2D eigenvalue weighted by Gasteiger charge is 2.24. The molecule has 0 aliphatic carbocycles. The van der Waals surface area contributed by atoms with Crippen LogP contribution in [0.25, 0.3) is 55.0 Å². The predicted molar refractivity (Wildman–Crippen MR) is 194 cm³/mol. The molecule has 47 heavy (non-hydrogen) atoms. The summed E-state index contributed by atoms with van der Waals surface area (Å²) in [5, 5.41) is 8.20. The zero-order valence-corrected chi connectivity index (χ0v) is 25.5. The van der Waals surface area contributed by atoms with Gasteiger partial charge in [0.05, 0.1) is 0 Å². The van der Waals surface area contributed by atoms with E-state index in [1.54, 1.807) is 0 Å². The van der Waals surface area contributed by atoms with Gasteiger partial charge in [-0.1, -0.05) is 140 Å². The molecule has 7 aromatic carbocycles. The molecule has 1 N–H and O–H groups in total. The van der Waals surface area contributed by atoms with Crippen molar-refractivity contribution in [2.45, 2.75) is 6.17 Å². The summed E-state index contributed by atoms with van der Waals surface area (Å²) in [4.78, 5) is 10.4. The molecular weight excluding hydrogens is 574 g/mol. The zero-order valence-electron chi connectivity index (χ0n) is 25.5. The Hall–Kier alpha value is -6.26. The Bertz CT molecular complexity index is 2490. The Morgan fingerprint density at radius 1 is 0.489 bits per heavy atom. The number of para-hydroxylation sites is 1. The first kappa shape index (κ1) is 27.1. The normalized spacial score (nSPS) is 14.6. The van der Waals surface area contributed by atoms with Crippen LogP contribution in [-0.2, 0) is 0 Å². The molecule has 1 atom stereocenters. The van der Waals surface area contributed by atoms with Crippen LogP contribution in [0.15, 0.2) is 178 Å².